The van der Waals surface area contributed by atoms with Crippen LogP contribution in [0.25, 0.3) is 0 Å². The number of sulfonamides is 1. The fourth-order valence-electron chi connectivity index (χ4n) is 4.66. The van der Waals surface area contributed by atoms with Gasteiger partial charge in [0, 0.05) is 33.1 Å². The number of hydrogen-bond acceptors (Lipinski definition) is 7. The number of guanidine groups is 1. The van der Waals surface area contributed by atoms with Crippen LogP contribution in [0.3, 0.4) is 0 Å². The third-order valence-corrected chi connectivity index (χ3v) is 8.10. The Morgan fingerprint density at radius 2 is 2.00 bits per heavy atom. The highest BCUT2D eigenvalue weighted by atomic mass is 32.2. The van der Waals surface area contributed by atoms with Gasteiger partial charge in [0.1, 0.15) is 10.9 Å². The summed E-state index contributed by atoms with van der Waals surface area (Å²) in [7, 11) is -3.99. The fraction of sp³-hybridized carbons (Fsp3) is 0.625. The van der Waals surface area contributed by atoms with Crippen molar-refractivity contribution in [2.75, 3.05) is 38.1 Å². The minimum Gasteiger partial charge on any atom is -0.466 e. The number of anilines is 1. The van der Waals surface area contributed by atoms with Crippen molar-refractivity contribution >= 4 is 33.5 Å². The van der Waals surface area contributed by atoms with Gasteiger partial charge in [-0.25, -0.2) is 8.42 Å². The van der Waals surface area contributed by atoms with Gasteiger partial charge in [0.05, 0.1) is 12.3 Å². The average Bonchev–Trinajstić information content (AvgIpc) is 2.83. The number of likely N-dealkylation sites (tertiary alicyclic amines) is 1. The average molecular weight is 523 g/mol. The summed E-state index contributed by atoms with van der Waals surface area (Å²) < 4.78 is 34.7. The van der Waals surface area contributed by atoms with E-state index in [4.69, 9.17) is 16.2 Å². The minimum atomic E-state index is -3.99. The zero-order chi connectivity index (χ0) is 26.3. The zero-order valence-corrected chi connectivity index (χ0v) is 21.9. The van der Waals surface area contributed by atoms with Crippen molar-refractivity contribution in [3.8, 4) is 0 Å². The lowest BCUT2D eigenvalue weighted by Gasteiger charge is -2.34. The number of ether oxygens (including phenoxy) is 1. The van der Waals surface area contributed by atoms with Crippen LogP contribution >= 0.6 is 0 Å². The molecular formula is C24H38N6O5S. The number of esters is 1. The highest BCUT2D eigenvalue weighted by Crippen LogP contribution is 2.31. The summed E-state index contributed by atoms with van der Waals surface area (Å²) in [5.41, 5.74) is 12.3. The molecule has 1 amide bonds. The van der Waals surface area contributed by atoms with Gasteiger partial charge in [0.15, 0.2) is 5.96 Å². The molecule has 0 aliphatic carbocycles. The molecule has 0 spiro atoms. The number of amides is 1. The highest BCUT2D eigenvalue weighted by molar-refractivity contribution is 7.89. The lowest BCUT2D eigenvalue weighted by Crippen LogP contribution is -2.51. The van der Waals surface area contributed by atoms with E-state index in [9.17, 15) is 18.0 Å². The van der Waals surface area contributed by atoms with E-state index in [-0.39, 0.29) is 35.1 Å². The van der Waals surface area contributed by atoms with Crippen LogP contribution < -0.4 is 21.5 Å². The molecule has 0 bridgehead atoms. The number of rotatable bonds is 10. The van der Waals surface area contributed by atoms with Crippen molar-refractivity contribution in [2.45, 2.75) is 56.9 Å². The van der Waals surface area contributed by atoms with E-state index in [1.165, 1.54) is 6.92 Å². The standard InChI is InChI=1S/C24H38N6O5S/c1-16-13-19-5-3-7-21(22(19)28-14-16)36(33,34)29-20(6-4-10-27-24(25)26)23(32)30-11-8-18(9-12-30)15-35-17(2)31/h3,5,7,16,18,20,28-29H,4,6,8-15H2,1-2H3,(H4,25,26,27)/t16-,20?/m0/s1. The van der Waals surface area contributed by atoms with Crippen molar-refractivity contribution < 1.29 is 22.7 Å². The molecule has 1 fully saturated rings. The Morgan fingerprint density at radius 1 is 1.28 bits per heavy atom. The largest absolute Gasteiger partial charge is 0.466 e. The molecule has 1 unspecified atom stereocenters. The number of piperidine rings is 1. The number of nitrogens with two attached hydrogens (primary N) is 2. The third kappa shape index (κ3) is 7.57. The molecule has 11 nitrogen and oxygen atoms in total. The lowest BCUT2D eigenvalue weighted by molar-refractivity contribution is -0.144. The SMILES string of the molecule is CC(=O)OCC1CCN(C(=O)C(CCCN=C(N)N)NS(=O)(=O)c2cccc3c2NC[C@@H](C)C3)CC1. The van der Waals surface area contributed by atoms with Gasteiger partial charge in [-0.2, -0.15) is 4.72 Å². The van der Waals surface area contributed by atoms with E-state index < -0.39 is 16.1 Å². The second kappa shape index (κ2) is 12.4. The molecule has 2 heterocycles. The van der Waals surface area contributed by atoms with Crippen molar-refractivity contribution in [1.82, 2.24) is 9.62 Å². The van der Waals surface area contributed by atoms with E-state index >= 15 is 0 Å². The summed E-state index contributed by atoms with van der Waals surface area (Å²) in [6, 6.07) is 4.27. The Bertz CT molecular complexity index is 1060. The molecule has 3 rings (SSSR count). The quantitative estimate of drug-likeness (QED) is 0.151. The molecule has 200 valence electrons. The van der Waals surface area contributed by atoms with Crippen molar-refractivity contribution in [3.05, 3.63) is 23.8 Å². The van der Waals surface area contributed by atoms with Gasteiger partial charge in [-0.3, -0.25) is 14.6 Å². The summed E-state index contributed by atoms with van der Waals surface area (Å²) in [5.74, 6) is -0.0720. The van der Waals surface area contributed by atoms with Crippen LogP contribution in [0.2, 0.25) is 0 Å². The van der Waals surface area contributed by atoms with Crippen molar-refractivity contribution in [2.24, 2.45) is 28.3 Å². The topological polar surface area (TPSA) is 169 Å². The molecular weight excluding hydrogens is 484 g/mol. The fourth-order valence-corrected chi connectivity index (χ4v) is 6.11. The first kappa shape index (κ1) is 27.7. The predicted octanol–water partition coefficient (Wildman–Crippen LogP) is 0.793. The summed E-state index contributed by atoms with van der Waals surface area (Å²) in [5, 5.41) is 3.25. The highest BCUT2D eigenvalue weighted by Gasteiger charge is 2.33. The van der Waals surface area contributed by atoms with Crippen LogP contribution in [0, 0.1) is 11.8 Å². The predicted molar refractivity (Wildman–Crippen MR) is 138 cm³/mol. The molecule has 6 N–H and O–H groups in total. The van der Waals surface area contributed by atoms with Crippen LogP contribution in [-0.4, -0.2) is 70.0 Å². The molecule has 0 radical (unpaired) electrons. The molecule has 2 aliphatic rings. The Labute approximate surface area is 213 Å². The van der Waals surface area contributed by atoms with Crippen molar-refractivity contribution in [1.29, 1.82) is 0 Å². The maximum Gasteiger partial charge on any atom is 0.302 e. The van der Waals surface area contributed by atoms with E-state index in [0.29, 0.717) is 63.7 Å². The molecule has 1 aromatic carbocycles. The Balaban J connectivity index is 1.74. The van der Waals surface area contributed by atoms with Crippen LogP contribution in [-0.2, 0) is 30.8 Å². The number of carbonyl (C=O) groups excluding carboxylic acids is 2. The van der Waals surface area contributed by atoms with Gasteiger partial charge in [-0.05, 0) is 55.6 Å². The summed E-state index contributed by atoms with van der Waals surface area (Å²) >= 11 is 0. The van der Waals surface area contributed by atoms with Crippen molar-refractivity contribution in [3.63, 3.8) is 0 Å². The third-order valence-electron chi connectivity index (χ3n) is 6.59. The first-order chi connectivity index (χ1) is 17.1. The molecule has 0 aromatic heterocycles. The van der Waals surface area contributed by atoms with Gasteiger partial charge < -0.3 is 26.4 Å². The Kier molecular flexibility index (Phi) is 9.55. The minimum absolute atomic E-state index is 0.0514. The summed E-state index contributed by atoms with van der Waals surface area (Å²) in [6.45, 7) is 5.72. The van der Waals surface area contributed by atoms with Gasteiger partial charge >= 0.3 is 5.97 Å². The Hall–Kier alpha value is -2.86. The summed E-state index contributed by atoms with van der Waals surface area (Å²) in [6.07, 6.45) is 2.83. The van der Waals surface area contributed by atoms with Crippen LogP contribution in [0.1, 0.15) is 45.1 Å². The number of aliphatic imine (C=N–C) groups is 1. The van der Waals surface area contributed by atoms with E-state index in [2.05, 4.69) is 22.0 Å². The zero-order valence-electron chi connectivity index (χ0n) is 21.0. The number of carbonyl (C=O) groups is 2. The lowest BCUT2D eigenvalue weighted by atomic mass is 9.96. The van der Waals surface area contributed by atoms with Gasteiger partial charge in [-0.1, -0.05) is 19.1 Å². The smallest absolute Gasteiger partial charge is 0.302 e. The molecule has 2 aliphatic heterocycles. The molecule has 0 saturated carbocycles. The number of fused-ring (bicyclic) bond motifs is 1. The van der Waals surface area contributed by atoms with Crippen LogP contribution in [0.4, 0.5) is 5.69 Å². The molecule has 2 atom stereocenters. The van der Waals surface area contributed by atoms with E-state index in [1.54, 1.807) is 17.0 Å². The maximum absolute atomic E-state index is 13.5. The normalized spacial score (nSPS) is 19.1. The molecule has 12 heteroatoms. The number of nitrogens with one attached hydrogen (secondary N) is 2. The van der Waals surface area contributed by atoms with Crippen LogP contribution in [0.15, 0.2) is 28.1 Å². The second-order valence-electron chi connectivity index (χ2n) is 9.67. The van der Waals surface area contributed by atoms with E-state index in [0.717, 1.165) is 12.0 Å². The van der Waals surface area contributed by atoms with E-state index in [1.807, 2.05) is 6.07 Å². The van der Waals surface area contributed by atoms with Gasteiger partial charge in [0.25, 0.3) is 0 Å². The van der Waals surface area contributed by atoms with Gasteiger partial charge in [0.2, 0.25) is 15.9 Å². The van der Waals surface area contributed by atoms with Crippen LogP contribution in [0.5, 0.6) is 0 Å². The molecule has 1 aromatic rings. The maximum atomic E-state index is 13.5. The second-order valence-corrected chi connectivity index (χ2v) is 11.4. The first-order valence-electron chi connectivity index (χ1n) is 12.4. The number of para-hydroxylation sites is 1. The molecule has 36 heavy (non-hydrogen) atoms. The monoisotopic (exact) mass is 522 g/mol. The number of hydrogen-bond donors (Lipinski definition) is 4. The molecule has 1 saturated heterocycles. The summed E-state index contributed by atoms with van der Waals surface area (Å²) in [4.78, 5) is 30.3. The number of benzene rings is 1. The number of nitrogens with zero attached hydrogens (tertiary/aromatic N) is 2. The first-order valence-corrected chi connectivity index (χ1v) is 13.9. The Morgan fingerprint density at radius 3 is 2.67 bits per heavy atom. The van der Waals surface area contributed by atoms with Gasteiger partial charge in [-0.15, -0.1) is 0 Å².